The lowest BCUT2D eigenvalue weighted by atomic mass is 10.1. The summed E-state index contributed by atoms with van der Waals surface area (Å²) in [6.07, 6.45) is 0.246. The van der Waals surface area contributed by atoms with Gasteiger partial charge in [-0.25, -0.2) is 0 Å². The minimum absolute atomic E-state index is 0.0193. The standard InChI is InChI=1S/C21H26N2O3/c1-15(22-21(25)18-8-6-5-7-9-18)14-20(24)23(3)16(2)17-10-12-19(26-4)13-11-17/h5-13,15-16H,14H2,1-4H3,(H,22,25). The fourth-order valence-corrected chi connectivity index (χ4v) is 2.68. The van der Waals surface area contributed by atoms with Crippen LogP contribution in [0, 0.1) is 0 Å². The van der Waals surface area contributed by atoms with Crippen LogP contribution < -0.4 is 10.1 Å². The Kier molecular flexibility index (Phi) is 6.78. The van der Waals surface area contributed by atoms with Crippen LogP contribution in [0.15, 0.2) is 54.6 Å². The quantitative estimate of drug-likeness (QED) is 0.829. The molecule has 0 saturated carbocycles. The molecule has 0 spiro atoms. The van der Waals surface area contributed by atoms with Crippen LogP contribution in [0.5, 0.6) is 5.75 Å². The number of ether oxygens (including phenoxy) is 1. The van der Waals surface area contributed by atoms with Crippen LogP contribution in [0.25, 0.3) is 0 Å². The maximum absolute atomic E-state index is 12.6. The summed E-state index contributed by atoms with van der Waals surface area (Å²) in [6, 6.07) is 16.3. The molecule has 0 aliphatic carbocycles. The summed E-state index contributed by atoms with van der Waals surface area (Å²) in [5, 5.41) is 2.87. The van der Waals surface area contributed by atoms with Crippen molar-refractivity contribution >= 4 is 11.8 Å². The third-order valence-electron chi connectivity index (χ3n) is 4.47. The molecule has 0 saturated heterocycles. The number of hydrogen-bond donors (Lipinski definition) is 1. The van der Waals surface area contributed by atoms with Gasteiger partial charge in [0.05, 0.1) is 13.2 Å². The van der Waals surface area contributed by atoms with E-state index >= 15 is 0 Å². The molecule has 2 aromatic rings. The van der Waals surface area contributed by atoms with Gasteiger partial charge in [-0.3, -0.25) is 9.59 Å². The van der Waals surface area contributed by atoms with Gasteiger partial charge in [0.15, 0.2) is 0 Å². The zero-order valence-corrected chi connectivity index (χ0v) is 15.7. The largest absolute Gasteiger partial charge is 0.497 e. The molecular formula is C21H26N2O3. The third-order valence-corrected chi connectivity index (χ3v) is 4.47. The van der Waals surface area contributed by atoms with E-state index in [9.17, 15) is 9.59 Å². The lowest BCUT2D eigenvalue weighted by Gasteiger charge is -2.27. The minimum Gasteiger partial charge on any atom is -0.497 e. The molecule has 0 heterocycles. The van der Waals surface area contributed by atoms with Crippen LogP contribution in [0.3, 0.4) is 0 Å². The van der Waals surface area contributed by atoms with Crippen molar-refractivity contribution in [2.24, 2.45) is 0 Å². The van der Waals surface area contributed by atoms with Gasteiger partial charge in [0.1, 0.15) is 5.75 Å². The zero-order valence-electron chi connectivity index (χ0n) is 15.7. The Balaban J connectivity index is 1.91. The summed E-state index contributed by atoms with van der Waals surface area (Å²) >= 11 is 0. The van der Waals surface area contributed by atoms with Crippen molar-refractivity contribution in [3.63, 3.8) is 0 Å². The zero-order chi connectivity index (χ0) is 19.1. The van der Waals surface area contributed by atoms with Gasteiger partial charge < -0.3 is 15.0 Å². The molecule has 0 aliphatic rings. The smallest absolute Gasteiger partial charge is 0.251 e. The summed E-state index contributed by atoms with van der Waals surface area (Å²) < 4.78 is 5.16. The second-order valence-electron chi connectivity index (χ2n) is 6.40. The molecule has 2 aromatic carbocycles. The fourth-order valence-electron chi connectivity index (χ4n) is 2.68. The van der Waals surface area contributed by atoms with Crippen molar-refractivity contribution in [2.75, 3.05) is 14.2 Å². The maximum atomic E-state index is 12.6. The van der Waals surface area contributed by atoms with Crippen molar-refractivity contribution in [2.45, 2.75) is 32.4 Å². The molecule has 5 nitrogen and oxygen atoms in total. The van der Waals surface area contributed by atoms with Gasteiger partial charge in [0.25, 0.3) is 5.91 Å². The molecule has 2 rings (SSSR count). The topological polar surface area (TPSA) is 58.6 Å². The lowest BCUT2D eigenvalue weighted by molar-refractivity contribution is -0.132. The first-order valence-corrected chi connectivity index (χ1v) is 8.68. The Labute approximate surface area is 155 Å². The predicted molar refractivity (Wildman–Crippen MR) is 102 cm³/mol. The molecule has 2 amide bonds. The minimum atomic E-state index is -0.249. The van der Waals surface area contributed by atoms with E-state index in [0.717, 1.165) is 11.3 Å². The van der Waals surface area contributed by atoms with E-state index in [-0.39, 0.29) is 30.3 Å². The molecule has 26 heavy (non-hydrogen) atoms. The van der Waals surface area contributed by atoms with E-state index < -0.39 is 0 Å². The maximum Gasteiger partial charge on any atom is 0.251 e. The number of carbonyl (C=O) groups excluding carboxylic acids is 2. The number of nitrogens with one attached hydrogen (secondary N) is 1. The van der Waals surface area contributed by atoms with Gasteiger partial charge >= 0.3 is 0 Å². The molecule has 2 atom stereocenters. The number of benzene rings is 2. The second-order valence-corrected chi connectivity index (χ2v) is 6.40. The van der Waals surface area contributed by atoms with Crippen LogP contribution in [-0.4, -0.2) is 36.9 Å². The average Bonchev–Trinajstić information content (AvgIpc) is 2.67. The number of amides is 2. The molecule has 0 fully saturated rings. The van der Waals surface area contributed by atoms with Crippen LogP contribution in [-0.2, 0) is 4.79 Å². The SMILES string of the molecule is COc1ccc(C(C)N(C)C(=O)CC(C)NC(=O)c2ccccc2)cc1. The Morgan fingerprint density at radius 1 is 1.04 bits per heavy atom. The van der Waals surface area contributed by atoms with Gasteiger partial charge in [-0.2, -0.15) is 0 Å². The number of carbonyl (C=O) groups is 2. The van der Waals surface area contributed by atoms with E-state index in [1.165, 1.54) is 0 Å². The molecule has 5 heteroatoms. The summed E-state index contributed by atoms with van der Waals surface area (Å²) in [5.74, 6) is 0.595. The summed E-state index contributed by atoms with van der Waals surface area (Å²) in [5.41, 5.74) is 1.62. The number of methoxy groups -OCH3 is 1. The molecule has 0 bridgehead atoms. The normalized spacial score (nSPS) is 12.8. The summed E-state index contributed by atoms with van der Waals surface area (Å²) in [4.78, 5) is 26.4. The van der Waals surface area contributed by atoms with E-state index in [1.807, 2.05) is 56.3 Å². The number of rotatable bonds is 7. The van der Waals surface area contributed by atoms with Crippen molar-refractivity contribution < 1.29 is 14.3 Å². The molecule has 2 unspecified atom stereocenters. The fraction of sp³-hybridized carbons (Fsp3) is 0.333. The van der Waals surface area contributed by atoms with E-state index in [0.29, 0.717) is 5.56 Å². The molecule has 0 aliphatic heterocycles. The summed E-state index contributed by atoms with van der Waals surface area (Å²) in [6.45, 7) is 3.82. The van der Waals surface area contributed by atoms with Crippen LogP contribution in [0.4, 0.5) is 0 Å². The molecule has 0 radical (unpaired) electrons. The Hall–Kier alpha value is -2.82. The highest BCUT2D eigenvalue weighted by molar-refractivity contribution is 5.94. The van der Waals surface area contributed by atoms with E-state index in [4.69, 9.17) is 4.74 Å². The Morgan fingerprint density at radius 3 is 2.23 bits per heavy atom. The molecule has 1 N–H and O–H groups in total. The Bertz CT molecular complexity index is 729. The predicted octanol–water partition coefficient (Wildman–Crippen LogP) is 3.42. The van der Waals surface area contributed by atoms with Gasteiger partial charge in [0.2, 0.25) is 5.91 Å². The lowest BCUT2D eigenvalue weighted by Crippen LogP contribution is -2.38. The van der Waals surface area contributed by atoms with Crippen molar-refractivity contribution in [1.29, 1.82) is 0 Å². The van der Waals surface area contributed by atoms with Crippen molar-refractivity contribution in [3.8, 4) is 5.75 Å². The first-order valence-electron chi connectivity index (χ1n) is 8.68. The first kappa shape index (κ1) is 19.5. The third kappa shape index (κ3) is 5.09. The number of nitrogens with zero attached hydrogens (tertiary/aromatic N) is 1. The second kappa shape index (κ2) is 9.04. The van der Waals surface area contributed by atoms with Gasteiger partial charge in [0, 0.05) is 25.1 Å². The van der Waals surface area contributed by atoms with Gasteiger partial charge in [-0.15, -0.1) is 0 Å². The van der Waals surface area contributed by atoms with E-state index in [2.05, 4.69) is 5.32 Å². The molecule has 138 valence electrons. The first-order chi connectivity index (χ1) is 12.4. The van der Waals surface area contributed by atoms with Gasteiger partial charge in [-0.1, -0.05) is 30.3 Å². The Morgan fingerprint density at radius 2 is 1.65 bits per heavy atom. The highest BCUT2D eigenvalue weighted by atomic mass is 16.5. The molecular weight excluding hydrogens is 328 g/mol. The average molecular weight is 354 g/mol. The number of hydrogen-bond acceptors (Lipinski definition) is 3. The highest BCUT2D eigenvalue weighted by Crippen LogP contribution is 2.22. The molecule has 0 aromatic heterocycles. The van der Waals surface area contributed by atoms with Crippen LogP contribution in [0.1, 0.15) is 42.2 Å². The van der Waals surface area contributed by atoms with E-state index in [1.54, 1.807) is 31.2 Å². The van der Waals surface area contributed by atoms with Crippen molar-refractivity contribution in [3.05, 3.63) is 65.7 Å². The van der Waals surface area contributed by atoms with Gasteiger partial charge in [-0.05, 0) is 43.7 Å². The summed E-state index contributed by atoms with van der Waals surface area (Å²) in [7, 11) is 3.40. The van der Waals surface area contributed by atoms with Crippen molar-refractivity contribution in [1.82, 2.24) is 10.2 Å². The monoisotopic (exact) mass is 354 g/mol. The highest BCUT2D eigenvalue weighted by Gasteiger charge is 2.20. The van der Waals surface area contributed by atoms with Crippen LogP contribution in [0.2, 0.25) is 0 Å². The van der Waals surface area contributed by atoms with Crippen LogP contribution >= 0.6 is 0 Å².